The Labute approximate surface area is 406 Å². The van der Waals surface area contributed by atoms with Crippen LogP contribution in [-0.4, -0.2) is 91.2 Å². The van der Waals surface area contributed by atoms with Gasteiger partial charge in [0.15, 0.2) is 11.5 Å². The zero-order valence-electron chi connectivity index (χ0n) is 36.8. The van der Waals surface area contributed by atoms with E-state index in [1.807, 2.05) is 0 Å². The number of rotatable bonds is 12. The largest absolute Gasteiger partial charge is 0.493 e. The molecular weight excluding hydrogens is 1020 g/mol. The number of aliphatic carboxylic acids is 4. The van der Waals surface area contributed by atoms with Crippen LogP contribution in [0.2, 0.25) is 0 Å². The fourth-order valence-corrected chi connectivity index (χ4v) is 10.5. The highest BCUT2D eigenvalue weighted by atomic mass is 79.9. The molecule has 0 spiro atoms. The van der Waals surface area contributed by atoms with Crippen LogP contribution in [0.25, 0.3) is 0 Å². The fourth-order valence-electron chi connectivity index (χ4n) is 8.97. The van der Waals surface area contributed by atoms with E-state index in [1.54, 1.807) is 47.8 Å². The van der Waals surface area contributed by atoms with Crippen LogP contribution in [0.1, 0.15) is 79.7 Å². The minimum absolute atomic E-state index is 0.163. The maximum absolute atomic E-state index is 13.8. The lowest BCUT2D eigenvalue weighted by Gasteiger charge is -2.38. The molecule has 6 atom stereocenters. The third-order valence-electron chi connectivity index (χ3n) is 12.3. The van der Waals surface area contributed by atoms with Crippen molar-refractivity contribution in [2.75, 3.05) is 14.2 Å². The normalized spacial score (nSPS) is 22.1. The topological polar surface area (TPSA) is 208 Å². The van der Waals surface area contributed by atoms with Crippen molar-refractivity contribution >= 4 is 63.0 Å². The Morgan fingerprint density at radius 2 is 1.19 bits per heavy atom. The van der Waals surface area contributed by atoms with E-state index in [0.29, 0.717) is 32.8 Å². The zero-order valence-corrected chi connectivity index (χ0v) is 39.2. The maximum Gasteiger partial charge on any atom is 0.416 e. The van der Waals surface area contributed by atoms with E-state index in [4.69, 9.17) is 9.47 Å². The van der Waals surface area contributed by atoms with Crippen LogP contribution in [-0.2, 0) is 38.0 Å². The first-order valence-corrected chi connectivity index (χ1v) is 22.4. The summed E-state index contributed by atoms with van der Waals surface area (Å²) in [5, 5.41) is 42.0. The highest BCUT2D eigenvalue weighted by Crippen LogP contribution is 2.52. The molecule has 0 radical (unpaired) electrons. The molecule has 2 fully saturated rings. The molecule has 4 N–H and O–H groups in total. The van der Waals surface area contributed by atoms with Crippen molar-refractivity contribution in [3.63, 3.8) is 0 Å². The summed E-state index contributed by atoms with van der Waals surface area (Å²) in [6.07, 6.45) is -10.2. The molecule has 3 heterocycles. The molecule has 4 aromatic carbocycles. The van der Waals surface area contributed by atoms with E-state index < -0.39 is 101 Å². The van der Waals surface area contributed by atoms with Gasteiger partial charge < -0.3 is 39.7 Å². The summed E-state index contributed by atoms with van der Waals surface area (Å²) in [5.41, 5.74) is -5.40. The fraction of sp³-hybridized carbons (Fsp3) is 0.292. The highest BCUT2D eigenvalue weighted by molar-refractivity contribution is 9.10. The van der Waals surface area contributed by atoms with Gasteiger partial charge in [0.2, 0.25) is 0 Å². The van der Waals surface area contributed by atoms with Gasteiger partial charge in [0.1, 0.15) is 11.1 Å². The molecule has 2 aliphatic heterocycles. The van der Waals surface area contributed by atoms with Crippen molar-refractivity contribution in [3.8, 4) is 11.5 Å². The lowest BCUT2D eigenvalue weighted by atomic mass is 9.85. The summed E-state index contributed by atoms with van der Waals surface area (Å²) in [4.78, 5) is 79.4. The lowest BCUT2D eigenvalue weighted by molar-refractivity contribution is -0.149. The van der Waals surface area contributed by atoms with Gasteiger partial charge in [-0.05, 0) is 119 Å². The van der Waals surface area contributed by atoms with Crippen molar-refractivity contribution in [3.05, 3.63) is 151 Å². The standard InChI is InChI=1S/C25H20F3NO5S.C23H21BrF3NO7/c26-25(27,28)17-10-8-16(9-11-17)21(30)29-20(19-7-4-12-35-19)18(22(31)32)14-24(29,23(33)34)13-15-5-2-1-3-6-15;1-22(21(32)33)10-14(20(30)31)17(12-8-15(24)18(35-3)16(9-12)34-2)28(22)19(29)11-4-6-13(7-5-11)23(25,26)27/h1-12,18,20H,13-14H2,(H,31,32)(H,33,34);4-9,14,17H,10H2,1-3H3,(H,30,31)(H,32,33). The third-order valence-corrected chi connectivity index (χ3v) is 13.8. The Hall–Kier alpha value is -6.94. The van der Waals surface area contributed by atoms with Gasteiger partial charge in [-0.3, -0.25) is 19.2 Å². The molecule has 0 saturated carbocycles. The van der Waals surface area contributed by atoms with Crippen molar-refractivity contribution in [2.45, 2.75) is 61.7 Å². The van der Waals surface area contributed by atoms with Crippen molar-refractivity contribution < 1.29 is 85.0 Å². The second kappa shape index (κ2) is 20.2. The van der Waals surface area contributed by atoms with Gasteiger partial charge in [-0.1, -0.05) is 36.4 Å². The summed E-state index contributed by atoms with van der Waals surface area (Å²) in [6, 6.07) is 19.1. The van der Waals surface area contributed by atoms with Crippen LogP contribution in [0, 0.1) is 11.8 Å². The minimum atomic E-state index is -4.63. The van der Waals surface area contributed by atoms with Crippen LogP contribution in [0.3, 0.4) is 0 Å². The molecule has 2 aliphatic rings. The summed E-state index contributed by atoms with van der Waals surface area (Å²) < 4.78 is 89.0. The maximum atomic E-state index is 13.8. The molecule has 0 aliphatic carbocycles. The van der Waals surface area contributed by atoms with E-state index in [2.05, 4.69) is 15.9 Å². The van der Waals surface area contributed by atoms with Crippen LogP contribution in [0.5, 0.6) is 11.5 Å². The SMILES string of the molecule is COc1cc(C2C(C(=O)O)CC(C)(C(=O)O)N2C(=O)c2ccc(C(F)(F)F)cc2)cc(Br)c1OC.O=C(O)C1CC(Cc2ccccc2)(C(=O)O)N(C(=O)c2ccc(C(F)(F)F)cc2)C1c1cccs1. The van der Waals surface area contributed by atoms with E-state index in [9.17, 15) is 75.5 Å². The number of benzene rings is 4. The predicted molar refractivity (Wildman–Crippen MR) is 240 cm³/mol. The number of hydrogen-bond acceptors (Lipinski definition) is 9. The van der Waals surface area contributed by atoms with Gasteiger partial charge in [-0.2, -0.15) is 26.3 Å². The minimum Gasteiger partial charge on any atom is -0.493 e. The Kier molecular flexibility index (Phi) is 15.1. The number of halogens is 7. The first-order valence-electron chi connectivity index (χ1n) is 20.7. The number of hydrogen-bond donors (Lipinski definition) is 4. The second-order valence-electron chi connectivity index (χ2n) is 16.5. The quantitative estimate of drug-likeness (QED) is 0.0862. The average Bonchev–Trinajstić information content (AvgIpc) is 4.05. The molecule has 6 unspecified atom stereocenters. The lowest BCUT2D eigenvalue weighted by Crippen LogP contribution is -2.55. The number of amides is 2. The number of nitrogens with zero attached hydrogens (tertiary/aromatic N) is 2. The number of methoxy groups -OCH3 is 2. The number of carboxylic acid groups (broad SMARTS) is 4. The van der Waals surface area contributed by atoms with Gasteiger partial charge in [-0.15, -0.1) is 11.3 Å². The number of carbonyl (C=O) groups is 6. The third kappa shape index (κ3) is 10.2. The molecule has 2 amide bonds. The molecule has 0 bridgehead atoms. The summed E-state index contributed by atoms with van der Waals surface area (Å²) in [7, 11) is 2.74. The Morgan fingerprint density at radius 3 is 1.61 bits per heavy atom. The summed E-state index contributed by atoms with van der Waals surface area (Å²) >= 11 is 4.49. The molecular formula is C48H41BrF6N2O12S. The molecule has 22 heteroatoms. The second-order valence-corrected chi connectivity index (χ2v) is 18.4. The zero-order chi connectivity index (χ0) is 51.7. The Bertz CT molecular complexity index is 2780. The first-order chi connectivity index (χ1) is 32.8. The summed E-state index contributed by atoms with van der Waals surface area (Å²) in [6.45, 7) is 1.21. The number of carboxylic acids is 4. The Morgan fingerprint density at radius 1 is 0.671 bits per heavy atom. The molecule has 70 heavy (non-hydrogen) atoms. The number of carbonyl (C=O) groups excluding carboxylic acids is 2. The van der Waals surface area contributed by atoms with E-state index in [0.717, 1.165) is 46.2 Å². The highest BCUT2D eigenvalue weighted by Gasteiger charge is 2.62. The van der Waals surface area contributed by atoms with Crippen molar-refractivity contribution in [1.82, 2.24) is 9.80 Å². The number of thiophene rings is 1. The first kappa shape index (κ1) is 52.4. The predicted octanol–water partition coefficient (Wildman–Crippen LogP) is 9.74. The number of ether oxygens (including phenoxy) is 2. The molecule has 2 saturated heterocycles. The molecule has 7 rings (SSSR count). The van der Waals surface area contributed by atoms with E-state index in [-0.39, 0.29) is 35.3 Å². The monoisotopic (exact) mass is 1060 g/mol. The van der Waals surface area contributed by atoms with Gasteiger partial charge in [-0.25, -0.2) is 9.59 Å². The van der Waals surface area contributed by atoms with Crippen molar-refractivity contribution in [1.29, 1.82) is 0 Å². The molecule has 5 aromatic rings. The number of likely N-dealkylation sites (tertiary alicyclic amines) is 2. The average molecular weight is 1060 g/mol. The van der Waals surface area contributed by atoms with Gasteiger partial charge in [0.25, 0.3) is 11.8 Å². The summed E-state index contributed by atoms with van der Waals surface area (Å²) in [5.74, 6) is -9.28. The van der Waals surface area contributed by atoms with E-state index >= 15 is 0 Å². The van der Waals surface area contributed by atoms with Crippen LogP contribution >= 0.6 is 27.3 Å². The van der Waals surface area contributed by atoms with Crippen LogP contribution in [0.15, 0.2) is 113 Å². The van der Waals surface area contributed by atoms with E-state index in [1.165, 1.54) is 44.6 Å². The number of alkyl halides is 6. The molecule has 14 nitrogen and oxygen atoms in total. The van der Waals surface area contributed by atoms with Crippen LogP contribution in [0.4, 0.5) is 26.3 Å². The smallest absolute Gasteiger partial charge is 0.416 e. The van der Waals surface area contributed by atoms with Gasteiger partial charge in [0.05, 0.1) is 53.7 Å². The van der Waals surface area contributed by atoms with Gasteiger partial charge >= 0.3 is 36.2 Å². The van der Waals surface area contributed by atoms with Crippen molar-refractivity contribution in [2.24, 2.45) is 11.8 Å². The molecule has 370 valence electrons. The van der Waals surface area contributed by atoms with Crippen LogP contribution < -0.4 is 9.47 Å². The molecule has 1 aromatic heterocycles. The van der Waals surface area contributed by atoms with Gasteiger partial charge in [0, 0.05) is 22.4 Å². The Balaban J connectivity index is 0.000000230.